The molecule has 0 aliphatic heterocycles. The molecule has 0 heteroatoms. The number of allylic oxidation sites excluding steroid dienone is 6. The second-order valence-corrected chi connectivity index (χ2v) is 2.45. The van der Waals surface area contributed by atoms with E-state index in [0.29, 0.717) is 0 Å². The van der Waals surface area contributed by atoms with Crippen LogP contribution in [-0.4, -0.2) is 0 Å². The van der Waals surface area contributed by atoms with Gasteiger partial charge in [0.15, 0.2) is 0 Å². The van der Waals surface area contributed by atoms with Crippen LogP contribution in [0.5, 0.6) is 0 Å². The molecule has 0 saturated carbocycles. The molecular formula is C14H26. The molecule has 0 aromatic rings. The van der Waals surface area contributed by atoms with Gasteiger partial charge in [0.1, 0.15) is 0 Å². The maximum absolute atomic E-state index is 3.86. The molecule has 0 bridgehead atoms. The fourth-order valence-electron chi connectivity index (χ4n) is 0.712. The fraction of sp³-hybridized carbons (Fsp3) is 0.429. The van der Waals surface area contributed by atoms with Crippen LogP contribution in [0, 0.1) is 0 Å². The number of rotatable bonds is 4. The lowest BCUT2D eigenvalue weighted by Crippen LogP contribution is -1.77. The molecule has 0 N–H and O–H groups in total. The van der Waals surface area contributed by atoms with Gasteiger partial charge in [-0.2, -0.15) is 0 Å². The lowest BCUT2D eigenvalue weighted by atomic mass is 10.1. The van der Waals surface area contributed by atoms with Crippen LogP contribution in [0.2, 0.25) is 0 Å². The lowest BCUT2D eigenvalue weighted by molar-refractivity contribution is 1.22. The van der Waals surface area contributed by atoms with Gasteiger partial charge in [0.2, 0.25) is 0 Å². The highest BCUT2D eigenvalue weighted by Crippen LogP contribution is 2.08. The summed E-state index contributed by atoms with van der Waals surface area (Å²) < 4.78 is 0. The number of hydrogen-bond donors (Lipinski definition) is 0. The van der Waals surface area contributed by atoms with Gasteiger partial charge in [0.05, 0.1) is 0 Å². The van der Waals surface area contributed by atoms with E-state index in [9.17, 15) is 0 Å². The SMILES string of the molecule is C.C=C/C=C(\C=C/CC)C(=C)C.CC. The Morgan fingerprint density at radius 3 is 2.07 bits per heavy atom. The van der Waals surface area contributed by atoms with E-state index in [4.69, 9.17) is 0 Å². The van der Waals surface area contributed by atoms with E-state index in [1.807, 2.05) is 26.8 Å². The summed E-state index contributed by atoms with van der Waals surface area (Å²) in [6, 6.07) is 0. The van der Waals surface area contributed by atoms with Crippen molar-refractivity contribution in [3.63, 3.8) is 0 Å². The van der Waals surface area contributed by atoms with E-state index in [1.54, 1.807) is 6.08 Å². The first-order valence-electron chi connectivity index (χ1n) is 4.87. The summed E-state index contributed by atoms with van der Waals surface area (Å²) >= 11 is 0. The molecule has 0 amide bonds. The molecule has 14 heavy (non-hydrogen) atoms. The highest BCUT2D eigenvalue weighted by molar-refractivity contribution is 5.38. The average Bonchev–Trinajstić information content (AvgIpc) is 2.15. The largest absolute Gasteiger partial charge is 0.0990 e. The van der Waals surface area contributed by atoms with Crippen LogP contribution in [0.1, 0.15) is 41.5 Å². The molecule has 0 aliphatic rings. The summed E-state index contributed by atoms with van der Waals surface area (Å²) in [4.78, 5) is 0. The minimum absolute atomic E-state index is 0. The second-order valence-electron chi connectivity index (χ2n) is 2.45. The van der Waals surface area contributed by atoms with Crippen molar-refractivity contribution in [3.05, 3.63) is 48.6 Å². The Hall–Kier alpha value is -1.04. The Kier molecular flexibility index (Phi) is 19.3. The smallest absolute Gasteiger partial charge is 0.0237 e. The van der Waals surface area contributed by atoms with Gasteiger partial charge in [0.25, 0.3) is 0 Å². The molecule has 0 aromatic heterocycles. The third-order valence-corrected chi connectivity index (χ3v) is 1.32. The van der Waals surface area contributed by atoms with Crippen molar-refractivity contribution in [1.29, 1.82) is 0 Å². The minimum Gasteiger partial charge on any atom is -0.0990 e. The predicted octanol–water partition coefficient (Wildman–Crippen LogP) is 5.30. The quantitative estimate of drug-likeness (QED) is 0.532. The second kappa shape index (κ2) is 14.5. The summed E-state index contributed by atoms with van der Waals surface area (Å²) in [6.45, 7) is 15.6. The first-order valence-corrected chi connectivity index (χ1v) is 4.87. The zero-order valence-electron chi connectivity index (χ0n) is 9.43. The Bertz CT molecular complexity index is 192. The third-order valence-electron chi connectivity index (χ3n) is 1.32. The monoisotopic (exact) mass is 194 g/mol. The van der Waals surface area contributed by atoms with Gasteiger partial charge >= 0.3 is 0 Å². The van der Waals surface area contributed by atoms with Crippen LogP contribution in [0.3, 0.4) is 0 Å². The van der Waals surface area contributed by atoms with Gasteiger partial charge in [-0.15, -0.1) is 0 Å². The minimum atomic E-state index is 0. The molecule has 0 spiro atoms. The third kappa shape index (κ3) is 11.0. The van der Waals surface area contributed by atoms with E-state index in [2.05, 4.69) is 32.2 Å². The van der Waals surface area contributed by atoms with E-state index >= 15 is 0 Å². The molecule has 0 radical (unpaired) electrons. The van der Waals surface area contributed by atoms with Gasteiger partial charge in [-0.05, 0) is 18.9 Å². The molecular weight excluding hydrogens is 168 g/mol. The lowest BCUT2D eigenvalue weighted by Gasteiger charge is -1.97. The van der Waals surface area contributed by atoms with Crippen molar-refractivity contribution >= 4 is 0 Å². The normalized spacial score (nSPS) is 9.86. The van der Waals surface area contributed by atoms with Crippen LogP contribution in [0.4, 0.5) is 0 Å². The predicted molar refractivity (Wildman–Crippen MR) is 70.6 cm³/mol. The molecule has 0 rings (SSSR count). The standard InChI is InChI=1S/C11H16.C2H6.CH4/c1-5-7-9-11(8-6-2)10(3)4;1-2;/h6-9H,2-3,5H2,1,4H3;1-2H3;1H4/b9-7-,11-8+;;. The van der Waals surface area contributed by atoms with Crippen molar-refractivity contribution in [3.8, 4) is 0 Å². The number of hydrogen-bond acceptors (Lipinski definition) is 0. The molecule has 0 fully saturated rings. The summed E-state index contributed by atoms with van der Waals surface area (Å²) in [5, 5.41) is 0. The highest BCUT2D eigenvalue weighted by Gasteiger charge is 1.88. The van der Waals surface area contributed by atoms with E-state index in [-0.39, 0.29) is 7.43 Å². The van der Waals surface area contributed by atoms with E-state index in [0.717, 1.165) is 17.6 Å². The van der Waals surface area contributed by atoms with Gasteiger partial charge < -0.3 is 0 Å². The van der Waals surface area contributed by atoms with Crippen molar-refractivity contribution in [2.75, 3.05) is 0 Å². The molecule has 82 valence electrons. The Morgan fingerprint density at radius 2 is 1.79 bits per heavy atom. The Morgan fingerprint density at radius 1 is 1.29 bits per heavy atom. The molecule has 0 atom stereocenters. The summed E-state index contributed by atoms with van der Waals surface area (Å²) in [7, 11) is 0. The first kappa shape index (κ1) is 18.7. The van der Waals surface area contributed by atoms with E-state index < -0.39 is 0 Å². The molecule has 0 saturated heterocycles. The summed E-state index contributed by atoms with van der Waals surface area (Å²) in [5.74, 6) is 0. The van der Waals surface area contributed by atoms with Crippen LogP contribution in [0.15, 0.2) is 48.6 Å². The molecule has 0 heterocycles. The van der Waals surface area contributed by atoms with Crippen LogP contribution >= 0.6 is 0 Å². The van der Waals surface area contributed by atoms with Crippen LogP contribution < -0.4 is 0 Å². The van der Waals surface area contributed by atoms with Crippen LogP contribution in [-0.2, 0) is 0 Å². The zero-order valence-corrected chi connectivity index (χ0v) is 9.43. The topological polar surface area (TPSA) is 0 Å². The van der Waals surface area contributed by atoms with Crippen molar-refractivity contribution in [1.82, 2.24) is 0 Å². The molecule has 0 aliphatic carbocycles. The van der Waals surface area contributed by atoms with Crippen molar-refractivity contribution in [2.45, 2.75) is 41.5 Å². The Balaban J connectivity index is -0.000000376. The highest BCUT2D eigenvalue weighted by atomic mass is 13.9. The maximum Gasteiger partial charge on any atom is -0.0237 e. The summed E-state index contributed by atoms with van der Waals surface area (Å²) in [6.07, 6.45) is 8.99. The maximum atomic E-state index is 3.86. The van der Waals surface area contributed by atoms with Gasteiger partial charge in [-0.3, -0.25) is 0 Å². The average molecular weight is 194 g/mol. The fourth-order valence-corrected chi connectivity index (χ4v) is 0.712. The van der Waals surface area contributed by atoms with Crippen molar-refractivity contribution < 1.29 is 0 Å². The van der Waals surface area contributed by atoms with Crippen molar-refractivity contribution in [2.24, 2.45) is 0 Å². The molecule has 0 unspecified atom stereocenters. The summed E-state index contributed by atoms with van der Waals surface area (Å²) in [5.41, 5.74) is 2.23. The van der Waals surface area contributed by atoms with E-state index in [1.165, 1.54) is 0 Å². The first-order chi connectivity index (χ1) is 6.22. The Labute approximate surface area is 90.7 Å². The van der Waals surface area contributed by atoms with Gasteiger partial charge in [0, 0.05) is 0 Å². The van der Waals surface area contributed by atoms with Gasteiger partial charge in [-0.25, -0.2) is 0 Å². The van der Waals surface area contributed by atoms with Gasteiger partial charge in [-0.1, -0.05) is 71.2 Å². The zero-order chi connectivity index (χ0) is 10.7. The van der Waals surface area contributed by atoms with Crippen LogP contribution in [0.25, 0.3) is 0 Å². The molecule has 0 aromatic carbocycles. The molecule has 0 nitrogen and oxygen atoms in total.